The minimum Gasteiger partial charge on any atom is -0.314 e. The Kier molecular flexibility index (Phi) is 6.28. The van der Waals surface area contributed by atoms with E-state index in [0.717, 1.165) is 12.0 Å². The topological polar surface area (TPSA) is 12.0 Å². The first-order valence-electron chi connectivity index (χ1n) is 6.45. The molecule has 0 saturated heterocycles. The van der Waals surface area contributed by atoms with E-state index in [2.05, 4.69) is 5.32 Å². The Morgan fingerprint density at radius 3 is 2.58 bits per heavy atom. The highest BCUT2D eigenvalue weighted by molar-refractivity contribution is 5.17. The molecule has 1 N–H and O–H groups in total. The Morgan fingerprint density at radius 2 is 2.00 bits per heavy atom. The highest BCUT2D eigenvalue weighted by Crippen LogP contribution is 2.23. The van der Waals surface area contributed by atoms with Crippen LogP contribution in [0.25, 0.3) is 0 Å². The molecule has 0 radical (unpaired) electrons. The maximum Gasteiger partial charge on any atom is 0.389 e. The summed E-state index contributed by atoms with van der Waals surface area (Å²) in [6.45, 7) is 2.62. The summed E-state index contributed by atoms with van der Waals surface area (Å²) in [5.41, 5.74) is 0.718. The van der Waals surface area contributed by atoms with Crippen LogP contribution in [0, 0.1) is 5.82 Å². The van der Waals surface area contributed by atoms with Crippen LogP contribution in [0.15, 0.2) is 24.3 Å². The van der Waals surface area contributed by atoms with E-state index in [1.54, 1.807) is 12.1 Å². The molecule has 0 aliphatic carbocycles. The zero-order valence-electron chi connectivity index (χ0n) is 10.9. The van der Waals surface area contributed by atoms with Gasteiger partial charge >= 0.3 is 6.18 Å². The maximum absolute atomic E-state index is 13.0. The molecular formula is C14H19F4N. The number of hydrogen-bond donors (Lipinski definition) is 1. The third-order valence-electron chi connectivity index (χ3n) is 2.83. The summed E-state index contributed by atoms with van der Waals surface area (Å²) in [6, 6.07) is 5.73. The molecule has 1 nitrogen and oxygen atoms in total. The van der Waals surface area contributed by atoms with E-state index in [1.165, 1.54) is 12.1 Å². The van der Waals surface area contributed by atoms with E-state index < -0.39 is 12.6 Å². The number of rotatable bonds is 7. The third kappa shape index (κ3) is 7.15. The molecule has 0 aromatic heterocycles. The van der Waals surface area contributed by atoms with Crippen LogP contribution < -0.4 is 5.32 Å². The fraction of sp³-hybridized carbons (Fsp3) is 0.571. The molecule has 19 heavy (non-hydrogen) atoms. The quantitative estimate of drug-likeness (QED) is 0.740. The Morgan fingerprint density at radius 1 is 1.26 bits per heavy atom. The predicted octanol–water partition coefficient (Wildman–Crippen LogP) is 4.08. The lowest BCUT2D eigenvalue weighted by molar-refractivity contribution is -0.136. The van der Waals surface area contributed by atoms with Gasteiger partial charge in [0.15, 0.2) is 0 Å². The lowest BCUT2D eigenvalue weighted by Gasteiger charge is -2.19. The Labute approximate surface area is 111 Å². The lowest BCUT2D eigenvalue weighted by Crippen LogP contribution is -2.33. The molecule has 0 spiro atoms. The molecule has 5 heteroatoms. The summed E-state index contributed by atoms with van der Waals surface area (Å²) in [6.07, 6.45) is -3.68. The van der Waals surface area contributed by atoms with Crippen molar-refractivity contribution in [3.05, 3.63) is 35.6 Å². The van der Waals surface area contributed by atoms with E-state index in [4.69, 9.17) is 0 Å². The summed E-state index contributed by atoms with van der Waals surface area (Å²) in [5.74, 6) is -0.359. The molecule has 108 valence electrons. The average molecular weight is 277 g/mol. The second kappa shape index (κ2) is 7.48. The number of halogens is 4. The number of alkyl halides is 3. The molecule has 0 amide bonds. The summed E-state index contributed by atoms with van der Waals surface area (Å²) in [7, 11) is 0. The maximum atomic E-state index is 13.0. The van der Waals surface area contributed by atoms with Gasteiger partial charge in [0.2, 0.25) is 0 Å². The minimum atomic E-state index is -4.14. The van der Waals surface area contributed by atoms with Gasteiger partial charge < -0.3 is 5.32 Å². The van der Waals surface area contributed by atoms with Crippen molar-refractivity contribution in [3.63, 3.8) is 0 Å². The van der Waals surface area contributed by atoms with E-state index in [9.17, 15) is 17.6 Å². The smallest absolute Gasteiger partial charge is 0.314 e. The molecule has 1 atom stereocenters. The molecule has 0 saturated carbocycles. The van der Waals surface area contributed by atoms with Gasteiger partial charge in [0, 0.05) is 12.5 Å². The molecule has 1 aromatic carbocycles. The highest BCUT2D eigenvalue weighted by atomic mass is 19.4. The van der Waals surface area contributed by atoms with Crippen molar-refractivity contribution < 1.29 is 17.6 Å². The van der Waals surface area contributed by atoms with Crippen molar-refractivity contribution in [1.29, 1.82) is 0 Å². The summed E-state index contributed by atoms with van der Waals surface area (Å²) >= 11 is 0. The Hall–Kier alpha value is -1.10. The molecule has 0 bridgehead atoms. The number of hydrogen-bond acceptors (Lipinski definition) is 1. The van der Waals surface area contributed by atoms with Gasteiger partial charge in [-0.2, -0.15) is 13.2 Å². The summed E-state index contributed by atoms with van der Waals surface area (Å²) in [5, 5.41) is 3.09. The van der Waals surface area contributed by atoms with E-state index in [-0.39, 0.29) is 18.3 Å². The highest BCUT2D eigenvalue weighted by Gasteiger charge is 2.28. The van der Waals surface area contributed by atoms with Crippen LogP contribution in [-0.4, -0.2) is 18.8 Å². The van der Waals surface area contributed by atoms with Crippen molar-refractivity contribution in [2.75, 3.05) is 6.54 Å². The van der Waals surface area contributed by atoms with Crippen molar-refractivity contribution >= 4 is 0 Å². The monoisotopic (exact) mass is 277 g/mol. The van der Waals surface area contributed by atoms with Crippen LogP contribution in [0.3, 0.4) is 0 Å². The standard InChI is InChI=1S/C14H19F4N/c1-2-8-19-13(6-7-14(16,17)18)10-11-4-3-5-12(15)9-11/h3-5,9,13,19H,2,6-8,10H2,1H3. The van der Waals surface area contributed by atoms with Gasteiger partial charge in [0.05, 0.1) is 0 Å². The van der Waals surface area contributed by atoms with Crippen LogP contribution >= 0.6 is 0 Å². The van der Waals surface area contributed by atoms with Gasteiger partial charge in [-0.25, -0.2) is 4.39 Å². The summed E-state index contributed by atoms with van der Waals surface area (Å²) < 4.78 is 49.8. The number of nitrogens with one attached hydrogen (secondary N) is 1. The van der Waals surface area contributed by atoms with Crippen LogP contribution in [0.5, 0.6) is 0 Å². The molecule has 0 heterocycles. The van der Waals surface area contributed by atoms with Gasteiger partial charge in [-0.15, -0.1) is 0 Å². The summed E-state index contributed by atoms with van der Waals surface area (Å²) in [4.78, 5) is 0. The molecule has 0 aliphatic heterocycles. The van der Waals surface area contributed by atoms with E-state index in [1.807, 2.05) is 6.92 Å². The second-order valence-corrected chi connectivity index (χ2v) is 4.64. The molecule has 1 rings (SSSR count). The first-order chi connectivity index (χ1) is 8.90. The van der Waals surface area contributed by atoms with Crippen LogP contribution in [0.4, 0.5) is 17.6 Å². The zero-order chi connectivity index (χ0) is 14.3. The van der Waals surface area contributed by atoms with Crippen molar-refractivity contribution in [1.82, 2.24) is 5.32 Å². The van der Waals surface area contributed by atoms with Gasteiger partial charge in [-0.3, -0.25) is 0 Å². The van der Waals surface area contributed by atoms with Gasteiger partial charge in [0.1, 0.15) is 5.82 Å². The van der Waals surface area contributed by atoms with Crippen molar-refractivity contribution in [2.45, 2.75) is 44.8 Å². The zero-order valence-corrected chi connectivity index (χ0v) is 10.9. The van der Waals surface area contributed by atoms with Gasteiger partial charge in [-0.05, 0) is 43.5 Å². The minimum absolute atomic E-state index is 0.0139. The van der Waals surface area contributed by atoms with Crippen LogP contribution in [-0.2, 0) is 6.42 Å². The van der Waals surface area contributed by atoms with E-state index >= 15 is 0 Å². The molecule has 0 fully saturated rings. The van der Waals surface area contributed by atoms with Crippen molar-refractivity contribution in [2.24, 2.45) is 0 Å². The number of benzene rings is 1. The lowest BCUT2D eigenvalue weighted by atomic mass is 10.0. The fourth-order valence-electron chi connectivity index (χ4n) is 1.91. The van der Waals surface area contributed by atoms with E-state index in [0.29, 0.717) is 13.0 Å². The molecule has 1 unspecified atom stereocenters. The Balaban J connectivity index is 2.58. The average Bonchev–Trinajstić information content (AvgIpc) is 2.31. The van der Waals surface area contributed by atoms with Crippen molar-refractivity contribution in [3.8, 4) is 0 Å². The second-order valence-electron chi connectivity index (χ2n) is 4.64. The van der Waals surface area contributed by atoms with Crippen LogP contribution in [0.1, 0.15) is 31.7 Å². The largest absolute Gasteiger partial charge is 0.389 e. The first kappa shape index (κ1) is 16.0. The first-order valence-corrected chi connectivity index (χ1v) is 6.45. The fourth-order valence-corrected chi connectivity index (χ4v) is 1.91. The van der Waals surface area contributed by atoms with Crippen LogP contribution in [0.2, 0.25) is 0 Å². The normalized spacial score (nSPS) is 13.5. The molecule has 0 aliphatic rings. The third-order valence-corrected chi connectivity index (χ3v) is 2.83. The molecule has 1 aromatic rings. The van der Waals surface area contributed by atoms with Gasteiger partial charge in [-0.1, -0.05) is 19.1 Å². The van der Waals surface area contributed by atoms with Gasteiger partial charge in [0.25, 0.3) is 0 Å². The SMILES string of the molecule is CCCNC(CCC(F)(F)F)Cc1cccc(F)c1. The predicted molar refractivity (Wildman–Crippen MR) is 67.5 cm³/mol. The Bertz CT molecular complexity index is 376. The molecular weight excluding hydrogens is 258 g/mol.